The second-order valence-electron chi connectivity index (χ2n) is 9.24. The molecule has 0 aromatic heterocycles. The standard InChI is InChI=1S/C27H34FN3O4/c1-3-35-23-7-5-4-6-22(23)30-14-16-31(17-15-30)26(33)11-13-27(12-10-25(32)29-27)19-20-8-9-21(28)24(18-20)34-2/h4-9,18H,3,10-17,19H2,1-2H3,(H,29,32). The highest BCUT2D eigenvalue weighted by atomic mass is 19.1. The third kappa shape index (κ3) is 5.86. The molecule has 2 aliphatic heterocycles. The van der Waals surface area contributed by atoms with Crippen LogP contribution in [-0.2, 0) is 16.0 Å². The lowest BCUT2D eigenvalue weighted by atomic mass is 9.84. The van der Waals surface area contributed by atoms with Crippen molar-refractivity contribution >= 4 is 17.5 Å². The molecule has 4 rings (SSSR count). The fourth-order valence-electron chi connectivity index (χ4n) is 5.08. The first-order chi connectivity index (χ1) is 16.9. The van der Waals surface area contributed by atoms with Gasteiger partial charge in [-0.25, -0.2) is 4.39 Å². The number of halogens is 1. The average Bonchev–Trinajstić information content (AvgIpc) is 3.24. The summed E-state index contributed by atoms with van der Waals surface area (Å²) in [5.74, 6) is 0.722. The quantitative estimate of drug-likeness (QED) is 0.591. The largest absolute Gasteiger partial charge is 0.494 e. The zero-order valence-electron chi connectivity index (χ0n) is 20.5. The molecule has 188 valence electrons. The maximum atomic E-state index is 13.8. The van der Waals surface area contributed by atoms with Crippen LogP contribution in [0.15, 0.2) is 42.5 Å². The number of piperazine rings is 1. The molecule has 2 aromatic carbocycles. The molecule has 2 fully saturated rings. The molecule has 35 heavy (non-hydrogen) atoms. The Balaban J connectivity index is 1.36. The van der Waals surface area contributed by atoms with Crippen molar-refractivity contribution in [2.45, 2.75) is 44.6 Å². The van der Waals surface area contributed by atoms with Crippen LogP contribution in [0.1, 0.15) is 38.2 Å². The van der Waals surface area contributed by atoms with Gasteiger partial charge in [0.2, 0.25) is 11.8 Å². The van der Waals surface area contributed by atoms with Gasteiger partial charge in [-0.2, -0.15) is 0 Å². The number of amides is 2. The number of carbonyl (C=O) groups is 2. The fraction of sp³-hybridized carbons (Fsp3) is 0.481. The summed E-state index contributed by atoms with van der Waals surface area (Å²) < 4.78 is 24.7. The molecule has 1 atom stereocenters. The SMILES string of the molecule is CCOc1ccccc1N1CCN(C(=O)CCC2(Cc3ccc(F)c(OC)c3)CCC(=O)N2)CC1. The molecule has 0 spiro atoms. The van der Waals surface area contributed by atoms with E-state index in [1.165, 1.54) is 13.2 Å². The molecule has 2 aromatic rings. The highest BCUT2D eigenvalue weighted by molar-refractivity contribution is 5.80. The Morgan fingerprint density at radius 2 is 1.89 bits per heavy atom. The molecular formula is C27H34FN3O4. The number of nitrogens with one attached hydrogen (secondary N) is 1. The third-order valence-corrected chi connectivity index (χ3v) is 6.95. The highest BCUT2D eigenvalue weighted by Gasteiger charge is 2.38. The number of para-hydroxylation sites is 2. The summed E-state index contributed by atoms with van der Waals surface area (Å²) in [6.45, 7) is 5.36. The van der Waals surface area contributed by atoms with E-state index >= 15 is 0 Å². The van der Waals surface area contributed by atoms with E-state index in [9.17, 15) is 14.0 Å². The number of nitrogens with zero attached hydrogens (tertiary/aromatic N) is 2. The van der Waals surface area contributed by atoms with E-state index in [4.69, 9.17) is 9.47 Å². The maximum Gasteiger partial charge on any atom is 0.222 e. The molecule has 0 radical (unpaired) electrons. The first kappa shape index (κ1) is 24.8. The summed E-state index contributed by atoms with van der Waals surface area (Å²) in [5.41, 5.74) is 1.43. The molecule has 2 saturated heterocycles. The topological polar surface area (TPSA) is 71.1 Å². The normalized spacial score (nSPS) is 20.0. The fourth-order valence-corrected chi connectivity index (χ4v) is 5.08. The van der Waals surface area contributed by atoms with E-state index in [-0.39, 0.29) is 17.6 Å². The van der Waals surface area contributed by atoms with Crippen LogP contribution in [0.25, 0.3) is 0 Å². The number of rotatable bonds is 9. The summed E-state index contributed by atoms with van der Waals surface area (Å²) in [5, 5.41) is 3.11. The smallest absolute Gasteiger partial charge is 0.222 e. The van der Waals surface area contributed by atoms with Crippen LogP contribution in [0.4, 0.5) is 10.1 Å². The Kier molecular flexibility index (Phi) is 7.78. The third-order valence-electron chi connectivity index (χ3n) is 6.95. The molecule has 7 nitrogen and oxygen atoms in total. The summed E-state index contributed by atoms with van der Waals surface area (Å²) in [6.07, 6.45) is 2.52. The molecule has 0 saturated carbocycles. The Hall–Kier alpha value is -3.29. The number of methoxy groups -OCH3 is 1. The lowest BCUT2D eigenvalue weighted by Gasteiger charge is -2.37. The van der Waals surface area contributed by atoms with Gasteiger partial charge in [-0.15, -0.1) is 0 Å². The first-order valence-electron chi connectivity index (χ1n) is 12.3. The lowest BCUT2D eigenvalue weighted by Crippen LogP contribution is -2.50. The first-order valence-corrected chi connectivity index (χ1v) is 12.3. The van der Waals surface area contributed by atoms with Gasteiger partial charge >= 0.3 is 0 Å². The van der Waals surface area contributed by atoms with Crippen molar-refractivity contribution in [2.75, 3.05) is 44.8 Å². The van der Waals surface area contributed by atoms with Crippen molar-refractivity contribution in [3.63, 3.8) is 0 Å². The average molecular weight is 484 g/mol. The van der Waals surface area contributed by atoms with Gasteiger partial charge in [0, 0.05) is 44.6 Å². The Bertz CT molecular complexity index is 1050. The minimum Gasteiger partial charge on any atom is -0.494 e. The lowest BCUT2D eigenvalue weighted by molar-refractivity contribution is -0.132. The molecule has 0 bridgehead atoms. The van der Waals surface area contributed by atoms with Crippen molar-refractivity contribution in [1.82, 2.24) is 10.2 Å². The number of ether oxygens (including phenoxy) is 2. The van der Waals surface area contributed by atoms with Crippen molar-refractivity contribution in [1.29, 1.82) is 0 Å². The molecule has 1 N–H and O–H groups in total. The van der Waals surface area contributed by atoms with Gasteiger partial charge in [0.25, 0.3) is 0 Å². The van der Waals surface area contributed by atoms with Crippen LogP contribution in [0.2, 0.25) is 0 Å². The Morgan fingerprint density at radius 1 is 1.11 bits per heavy atom. The van der Waals surface area contributed by atoms with Gasteiger partial charge in [0.15, 0.2) is 11.6 Å². The molecule has 8 heteroatoms. The summed E-state index contributed by atoms with van der Waals surface area (Å²) in [7, 11) is 1.43. The van der Waals surface area contributed by atoms with E-state index in [2.05, 4.69) is 16.3 Å². The van der Waals surface area contributed by atoms with Gasteiger partial charge < -0.3 is 24.6 Å². The molecular weight excluding hydrogens is 449 g/mol. The molecule has 2 heterocycles. The van der Waals surface area contributed by atoms with Gasteiger partial charge in [-0.1, -0.05) is 18.2 Å². The number of carbonyl (C=O) groups excluding carboxylic acids is 2. The van der Waals surface area contributed by atoms with Crippen LogP contribution >= 0.6 is 0 Å². The number of benzene rings is 2. The minimum atomic E-state index is -0.506. The van der Waals surface area contributed by atoms with Gasteiger partial charge in [-0.05, 0) is 56.0 Å². The maximum absolute atomic E-state index is 13.8. The van der Waals surface area contributed by atoms with Crippen LogP contribution in [0.3, 0.4) is 0 Å². The molecule has 2 amide bonds. The van der Waals surface area contributed by atoms with E-state index < -0.39 is 11.4 Å². The van der Waals surface area contributed by atoms with Crippen LogP contribution < -0.4 is 19.7 Å². The van der Waals surface area contributed by atoms with Crippen molar-refractivity contribution in [2.24, 2.45) is 0 Å². The zero-order chi connectivity index (χ0) is 24.8. The predicted octanol–water partition coefficient (Wildman–Crippen LogP) is 3.55. The number of hydrogen-bond donors (Lipinski definition) is 1. The molecule has 0 aliphatic carbocycles. The van der Waals surface area contributed by atoms with Crippen molar-refractivity contribution in [3.8, 4) is 11.5 Å². The van der Waals surface area contributed by atoms with Crippen molar-refractivity contribution < 1.29 is 23.5 Å². The van der Waals surface area contributed by atoms with Crippen LogP contribution in [-0.4, -0.2) is 62.1 Å². The molecule has 1 unspecified atom stereocenters. The second kappa shape index (κ2) is 11.0. The summed E-state index contributed by atoms with van der Waals surface area (Å²) in [4.78, 5) is 29.4. The van der Waals surface area contributed by atoms with E-state index in [0.717, 1.165) is 30.1 Å². The van der Waals surface area contributed by atoms with Gasteiger partial charge in [0.1, 0.15) is 5.75 Å². The summed E-state index contributed by atoms with van der Waals surface area (Å²) in [6, 6.07) is 12.8. The van der Waals surface area contributed by atoms with Gasteiger partial charge in [0.05, 0.1) is 19.4 Å². The Morgan fingerprint density at radius 3 is 2.57 bits per heavy atom. The van der Waals surface area contributed by atoms with E-state index in [0.29, 0.717) is 51.8 Å². The second-order valence-corrected chi connectivity index (χ2v) is 9.24. The zero-order valence-corrected chi connectivity index (χ0v) is 20.5. The van der Waals surface area contributed by atoms with Gasteiger partial charge in [-0.3, -0.25) is 9.59 Å². The summed E-state index contributed by atoms with van der Waals surface area (Å²) >= 11 is 0. The number of anilines is 1. The van der Waals surface area contributed by atoms with E-state index in [1.54, 1.807) is 12.1 Å². The Labute approximate surface area is 206 Å². The van der Waals surface area contributed by atoms with Crippen LogP contribution in [0.5, 0.6) is 11.5 Å². The van der Waals surface area contributed by atoms with Crippen molar-refractivity contribution in [3.05, 3.63) is 53.8 Å². The minimum absolute atomic E-state index is 0.00639. The monoisotopic (exact) mass is 483 g/mol. The van der Waals surface area contributed by atoms with Crippen LogP contribution in [0, 0.1) is 5.82 Å². The molecule has 2 aliphatic rings. The van der Waals surface area contributed by atoms with E-state index in [1.807, 2.05) is 30.0 Å². The highest BCUT2D eigenvalue weighted by Crippen LogP contribution is 2.32. The number of hydrogen-bond acceptors (Lipinski definition) is 5. The predicted molar refractivity (Wildman–Crippen MR) is 132 cm³/mol.